The van der Waals surface area contributed by atoms with Gasteiger partial charge in [-0.3, -0.25) is 9.20 Å². The first-order valence-corrected chi connectivity index (χ1v) is 4.74. The van der Waals surface area contributed by atoms with Crippen molar-refractivity contribution in [2.24, 2.45) is 0 Å². The molecule has 0 aliphatic rings. The molecule has 2 rings (SSSR count). The smallest absolute Gasteiger partial charge is 0.303 e. The van der Waals surface area contributed by atoms with E-state index in [1.807, 2.05) is 0 Å². The lowest BCUT2D eigenvalue weighted by atomic mass is 10.2. The van der Waals surface area contributed by atoms with Crippen LogP contribution in [0.3, 0.4) is 0 Å². The van der Waals surface area contributed by atoms with Gasteiger partial charge < -0.3 is 5.11 Å². The Bertz CT molecular complexity index is 509. The van der Waals surface area contributed by atoms with Crippen molar-refractivity contribution in [2.75, 3.05) is 0 Å². The van der Waals surface area contributed by atoms with Crippen LogP contribution in [0.1, 0.15) is 12.1 Å². The molecule has 0 aliphatic heterocycles. The number of aromatic nitrogens is 3. The summed E-state index contributed by atoms with van der Waals surface area (Å²) in [6.07, 6.45) is 5.28. The zero-order valence-electron chi connectivity index (χ0n) is 7.72. The SMILES string of the molecule is O=C(O)CCc1cnc2ncc(Cl)cn12. The number of hydrogen-bond acceptors (Lipinski definition) is 3. The van der Waals surface area contributed by atoms with E-state index in [0.717, 1.165) is 5.69 Å². The third-order valence-corrected chi connectivity index (χ3v) is 2.20. The van der Waals surface area contributed by atoms with Gasteiger partial charge in [0.05, 0.1) is 23.8 Å². The van der Waals surface area contributed by atoms with Gasteiger partial charge in [-0.25, -0.2) is 9.97 Å². The number of carboxylic acids is 1. The van der Waals surface area contributed by atoms with Crippen molar-refractivity contribution in [3.05, 3.63) is 29.3 Å². The second-order valence-corrected chi connectivity index (χ2v) is 3.52. The van der Waals surface area contributed by atoms with Crippen LogP contribution in [0.4, 0.5) is 0 Å². The average molecular weight is 226 g/mol. The van der Waals surface area contributed by atoms with E-state index in [0.29, 0.717) is 17.2 Å². The Morgan fingerprint density at radius 3 is 2.93 bits per heavy atom. The Hall–Kier alpha value is -1.62. The molecule has 0 saturated heterocycles. The fourth-order valence-electron chi connectivity index (χ4n) is 1.32. The summed E-state index contributed by atoms with van der Waals surface area (Å²) in [5.74, 6) is -0.306. The highest BCUT2D eigenvalue weighted by Crippen LogP contribution is 2.11. The molecule has 15 heavy (non-hydrogen) atoms. The van der Waals surface area contributed by atoms with Crippen LogP contribution in [0.25, 0.3) is 5.78 Å². The Balaban J connectivity index is 2.35. The Morgan fingerprint density at radius 1 is 1.47 bits per heavy atom. The van der Waals surface area contributed by atoms with Crippen LogP contribution in [0.15, 0.2) is 18.6 Å². The molecule has 2 heterocycles. The molecule has 0 bridgehead atoms. The van der Waals surface area contributed by atoms with E-state index in [1.54, 1.807) is 16.8 Å². The number of carbonyl (C=O) groups is 1. The summed E-state index contributed by atoms with van der Waals surface area (Å²) in [6.45, 7) is 0. The van der Waals surface area contributed by atoms with E-state index in [2.05, 4.69) is 9.97 Å². The van der Waals surface area contributed by atoms with E-state index in [-0.39, 0.29) is 6.42 Å². The minimum atomic E-state index is -0.833. The number of hydrogen-bond donors (Lipinski definition) is 1. The Morgan fingerprint density at radius 2 is 2.20 bits per heavy atom. The fraction of sp³-hybridized carbons (Fsp3) is 0.222. The van der Waals surface area contributed by atoms with Gasteiger partial charge in [0.1, 0.15) is 0 Å². The van der Waals surface area contributed by atoms with Crippen molar-refractivity contribution < 1.29 is 9.90 Å². The van der Waals surface area contributed by atoms with Crippen LogP contribution >= 0.6 is 11.6 Å². The van der Waals surface area contributed by atoms with Gasteiger partial charge in [-0.05, 0) is 0 Å². The van der Waals surface area contributed by atoms with Gasteiger partial charge in [0, 0.05) is 18.3 Å². The second kappa shape index (κ2) is 3.86. The second-order valence-electron chi connectivity index (χ2n) is 3.09. The molecule has 0 aliphatic carbocycles. The molecule has 2 aromatic rings. The normalized spacial score (nSPS) is 10.7. The number of aryl methyl sites for hydroxylation is 1. The van der Waals surface area contributed by atoms with E-state index in [1.165, 1.54) is 6.20 Å². The monoisotopic (exact) mass is 225 g/mol. The highest BCUT2D eigenvalue weighted by Gasteiger charge is 2.06. The topological polar surface area (TPSA) is 67.5 Å². The summed E-state index contributed by atoms with van der Waals surface area (Å²) in [4.78, 5) is 18.5. The molecule has 6 heteroatoms. The number of fused-ring (bicyclic) bond motifs is 1. The molecule has 0 fully saturated rings. The number of nitrogens with zero attached hydrogens (tertiary/aromatic N) is 3. The summed E-state index contributed by atoms with van der Waals surface area (Å²) >= 11 is 5.78. The third kappa shape index (κ3) is 2.07. The number of rotatable bonds is 3. The molecule has 0 unspecified atom stereocenters. The first kappa shape index (κ1) is 9.92. The van der Waals surface area contributed by atoms with Gasteiger partial charge in [-0.2, -0.15) is 0 Å². The summed E-state index contributed by atoms with van der Waals surface area (Å²) in [5.41, 5.74) is 0.794. The highest BCUT2D eigenvalue weighted by atomic mass is 35.5. The van der Waals surface area contributed by atoms with Crippen molar-refractivity contribution in [3.8, 4) is 0 Å². The lowest BCUT2D eigenvalue weighted by molar-refractivity contribution is -0.136. The molecule has 0 spiro atoms. The zero-order chi connectivity index (χ0) is 10.8. The van der Waals surface area contributed by atoms with Gasteiger partial charge in [0.2, 0.25) is 5.78 Å². The van der Waals surface area contributed by atoms with Crippen molar-refractivity contribution >= 4 is 23.3 Å². The lowest BCUT2D eigenvalue weighted by Crippen LogP contribution is -2.00. The van der Waals surface area contributed by atoms with Crippen molar-refractivity contribution in [1.29, 1.82) is 0 Å². The molecule has 1 N–H and O–H groups in total. The largest absolute Gasteiger partial charge is 0.481 e. The number of carboxylic acid groups (broad SMARTS) is 1. The van der Waals surface area contributed by atoms with Gasteiger partial charge in [0.15, 0.2) is 0 Å². The summed E-state index contributed by atoms with van der Waals surface area (Å²) < 4.78 is 1.70. The molecular weight excluding hydrogens is 218 g/mol. The van der Waals surface area contributed by atoms with Crippen LogP contribution < -0.4 is 0 Å². The van der Waals surface area contributed by atoms with Crippen LogP contribution in [-0.2, 0) is 11.2 Å². The molecule has 0 saturated carbocycles. The zero-order valence-corrected chi connectivity index (χ0v) is 8.48. The lowest BCUT2D eigenvalue weighted by Gasteiger charge is -1.99. The number of imidazole rings is 1. The molecule has 0 aromatic carbocycles. The van der Waals surface area contributed by atoms with Crippen LogP contribution in [0.5, 0.6) is 0 Å². The first-order valence-electron chi connectivity index (χ1n) is 4.36. The average Bonchev–Trinajstić information content (AvgIpc) is 2.57. The molecule has 0 atom stereocenters. The Labute approximate surface area is 90.3 Å². The predicted octanol–water partition coefficient (Wildman–Crippen LogP) is 1.40. The van der Waals surface area contributed by atoms with Crippen molar-refractivity contribution in [1.82, 2.24) is 14.4 Å². The van der Waals surface area contributed by atoms with Gasteiger partial charge in [-0.15, -0.1) is 0 Å². The van der Waals surface area contributed by atoms with Crippen molar-refractivity contribution in [2.45, 2.75) is 12.8 Å². The Kier molecular flexibility index (Phi) is 2.55. The van der Waals surface area contributed by atoms with Gasteiger partial charge in [0.25, 0.3) is 0 Å². The fourth-order valence-corrected chi connectivity index (χ4v) is 1.46. The molecule has 78 valence electrons. The molecule has 0 radical (unpaired) electrons. The number of halogens is 1. The van der Waals surface area contributed by atoms with E-state index >= 15 is 0 Å². The molecule has 0 amide bonds. The minimum Gasteiger partial charge on any atom is -0.481 e. The summed E-state index contributed by atoms with van der Waals surface area (Å²) in [6, 6.07) is 0. The van der Waals surface area contributed by atoms with Crippen LogP contribution in [0, 0.1) is 0 Å². The molecule has 5 nitrogen and oxygen atoms in total. The van der Waals surface area contributed by atoms with Crippen LogP contribution in [0.2, 0.25) is 5.02 Å². The highest BCUT2D eigenvalue weighted by molar-refractivity contribution is 6.30. The molecular formula is C9H8ClN3O2. The van der Waals surface area contributed by atoms with Crippen molar-refractivity contribution in [3.63, 3.8) is 0 Å². The quantitative estimate of drug-likeness (QED) is 0.858. The predicted molar refractivity (Wildman–Crippen MR) is 54.0 cm³/mol. The maximum Gasteiger partial charge on any atom is 0.303 e. The third-order valence-electron chi connectivity index (χ3n) is 2.00. The van der Waals surface area contributed by atoms with E-state index in [4.69, 9.17) is 16.7 Å². The van der Waals surface area contributed by atoms with Crippen LogP contribution in [-0.4, -0.2) is 25.4 Å². The van der Waals surface area contributed by atoms with Gasteiger partial charge >= 0.3 is 5.97 Å². The first-order chi connectivity index (χ1) is 7.16. The number of aliphatic carboxylic acids is 1. The molecule has 2 aromatic heterocycles. The van der Waals surface area contributed by atoms with Gasteiger partial charge in [-0.1, -0.05) is 11.6 Å². The maximum absolute atomic E-state index is 10.4. The maximum atomic E-state index is 10.4. The standard InChI is InChI=1S/C9H8ClN3O2/c10-6-3-11-9-12-4-7(13(9)5-6)1-2-8(14)15/h3-5H,1-2H2,(H,14,15). The summed E-state index contributed by atoms with van der Waals surface area (Å²) in [5, 5.41) is 9.06. The van der Waals surface area contributed by atoms with E-state index in [9.17, 15) is 4.79 Å². The minimum absolute atomic E-state index is 0.0697. The summed E-state index contributed by atoms with van der Waals surface area (Å²) in [7, 11) is 0. The van der Waals surface area contributed by atoms with E-state index < -0.39 is 5.97 Å².